The van der Waals surface area contributed by atoms with Crippen LogP contribution in [-0.4, -0.2) is 21.1 Å². The van der Waals surface area contributed by atoms with E-state index in [1.54, 1.807) is 11.3 Å². The molecule has 6 heteroatoms. The molecule has 1 amide bonds. The summed E-state index contributed by atoms with van der Waals surface area (Å²) in [6.07, 6.45) is 2.74. The third-order valence-electron chi connectivity index (χ3n) is 3.44. The number of nitrogens with one attached hydrogen (secondary N) is 2. The van der Waals surface area contributed by atoms with E-state index in [4.69, 9.17) is 0 Å². The lowest BCUT2D eigenvalue weighted by molar-refractivity contribution is 0.0930. The van der Waals surface area contributed by atoms with Gasteiger partial charge in [-0.25, -0.2) is 4.98 Å². The molecule has 5 nitrogen and oxygen atoms in total. The molecule has 0 saturated heterocycles. The molecule has 1 atom stereocenters. The van der Waals surface area contributed by atoms with Crippen LogP contribution in [0.15, 0.2) is 6.07 Å². The van der Waals surface area contributed by atoms with E-state index in [1.165, 1.54) is 4.88 Å². The van der Waals surface area contributed by atoms with Crippen LogP contribution in [-0.2, 0) is 6.42 Å². The Bertz CT molecular complexity index is 597. The molecule has 0 spiro atoms. The highest BCUT2D eigenvalue weighted by molar-refractivity contribution is 7.11. The molecule has 0 aliphatic rings. The summed E-state index contributed by atoms with van der Waals surface area (Å²) in [5.41, 5.74) is 2.48. The Kier molecular flexibility index (Phi) is 5.12. The Morgan fingerprint density at radius 3 is 2.76 bits per heavy atom. The zero-order valence-electron chi connectivity index (χ0n) is 13.0. The molecule has 21 heavy (non-hydrogen) atoms. The Balaban J connectivity index is 2.08. The van der Waals surface area contributed by atoms with Gasteiger partial charge < -0.3 is 5.32 Å². The summed E-state index contributed by atoms with van der Waals surface area (Å²) in [7, 11) is 0. The van der Waals surface area contributed by atoms with Crippen molar-refractivity contribution >= 4 is 17.2 Å². The van der Waals surface area contributed by atoms with Crippen molar-refractivity contribution in [2.45, 2.75) is 53.0 Å². The Morgan fingerprint density at radius 1 is 1.43 bits per heavy atom. The van der Waals surface area contributed by atoms with Gasteiger partial charge in [0.05, 0.1) is 11.7 Å². The van der Waals surface area contributed by atoms with E-state index in [1.807, 2.05) is 19.9 Å². The first kappa shape index (κ1) is 15.7. The zero-order valence-corrected chi connectivity index (χ0v) is 13.8. The number of aryl methyl sites for hydroxylation is 3. The van der Waals surface area contributed by atoms with Crippen LogP contribution in [0.2, 0.25) is 0 Å². The Morgan fingerprint density at radius 2 is 2.19 bits per heavy atom. The topological polar surface area (TPSA) is 70.7 Å². The second kappa shape index (κ2) is 6.85. The fourth-order valence-corrected chi connectivity index (χ4v) is 3.15. The number of H-pyrrole nitrogens is 1. The van der Waals surface area contributed by atoms with E-state index in [0.29, 0.717) is 5.69 Å². The second-order valence-corrected chi connectivity index (χ2v) is 6.39. The minimum absolute atomic E-state index is 0.0544. The highest BCUT2D eigenvalue weighted by Crippen LogP contribution is 2.25. The van der Waals surface area contributed by atoms with E-state index in [9.17, 15) is 4.79 Å². The van der Waals surface area contributed by atoms with Gasteiger partial charge in [-0.15, -0.1) is 11.3 Å². The van der Waals surface area contributed by atoms with Gasteiger partial charge in [0, 0.05) is 10.6 Å². The van der Waals surface area contributed by atoms with Crippen molar-refractivity contribution in [2.24, 2.45) is 0 Å². The molecule has 0 fully saturated rings. The molecule has 2 aromatic rings. The SMILES string of the molecule is CCCc1cc(C(=O)NC(CC)c2nc(C)c(C)s2)n[nH]1. The highest BCUT2D eigenvalue weighted by atomic mass is 32.1. The van der Waals surface area contributed by atoms with Crippen molar-refractivity contribution in [1.82, 2.24) is 20.5 Å². The molecule has 2 N–H and O–H groups in total. The fourth-order valence-electron chi connectivity index (χ4n) is 2.09. The number of thiazole rings is 1. The van der Waals surface area contributed by atoms with Crippen LogP contribution in [0.5, 0.6) is 0 Å². The largest absolute Gasteiger partial charge is 0.341 e. The minimum Gasteiger partial charge on any atom is -0.341 e. The quantitative estimate of drug-likeness (QED) is 0.860. The van der Waals surface area contributed by atoms with Crippen molar-refractivity contribution < 1.29 is 4.79 Å². The first-order valence-electron chi connectivity index (χ1n) is 7.34. The molecule has 2 rings (SSSR count). The predicted molar refractivity (Wildman–Crippen MR) is 84.7 cm³/mol. The maximum atomic E-state index is 12.3. The number of carbonyl (C=O) groups excluding carboxylic acids is 1. The lowest BCUT2D eigenvalue weighted by Crippen LogP contribution is -2.28. The molecule has 0 aliphatic carbocycles. The first-order chi connectivity index (χ1) is 10.0. The maximum absolute atomic E-state index is 12.3. The van der Waals surface area contributed by atoms with Gasteiger partial charge in [0.15, 0.2) is 0 Å². The van der Waals surface area contributed by atoms with Gasteiger partial charge in [0.1, 0.15) is 10.7 Å². The van der Waals surface area contributed by atoms with Gasteiger partial charge in [0.2, 0.25) is 0 Å². The molecule has 2 aromatic heterocycles. The third kappa shape index (κ3) is 3.69. The molecule has 2 heterocycles. The number of amides is 1. The first-order valence-corrected chi connectivity index (χ1v) is 8.15. The molecule has 0 saturated carbocycles. The molecular formula is C15H22N4OS. The van der Waals surface area contributed by atoms with Gasteiger partial charge in [-0.2, -0.15) is 5.10 Å². The molecule has 1 unspecified atom stereocenters. The Labute approximate surface area is 129 Å². The summed E-state index contributed by atoms with van der Waals surface area (Å²) >= 11 is 1.64. The monoisotopic (exact) mass is 306 g/mol. The average Bonchev–Trinajstić information content (AvgIpc) is 3.04. The number of rotatable bonds is 6. The number of nitrogens with zero attached hydrogens (tertiary/aromatic N) is 2. The number of hydrogen-bond acceptors (Lipinski definition) is 4. The van der Waals surface area contributed by atoms with Crippen LogP contribution in [0.25, 0.3) is 0 Å². The average molecular weight is 306 g/mol. The molecule has 0 aromatic carbocycles. The van der Waals surface area contributed by atoms with Gasteiger partial charge in [-0.05, 0) is 32.8 Å². The van der Waals surface area contributed by atoms with E-state index in [0.717, 1.165) is 35.7 Å². The van der Waals surface area contributed by atoms with Crippen LogP contribution in [0.1, 0.15) is 64.5 Å². The molecular weight excluding hydrogens is 284 g/mol. The van der Waals surface area contributed by atoms with E-state index < -0.39 is 0 Å². The van der Waals surface area contributed by atoms with Gasteiger partial charge >= 0.3 is 0 Å². The lowest BCUT2D eigenvalue weighted by Gasteiger charge is -2.13. The van der Waals surface area contributed by atoms with Crippen molar-refractivity contribution in [3.8, 4) is 0 Å². The third-order valence-corrected chi connectivity index (χ3v) is 4.63. The van der Waals surface area contributed by atoms with Crippen LogP contribution in [0.4, 0.5) is 0 Å². The number of aromatic amines is 1. The highest BCUT2D eigenvalue weighted by Gasteiger charge is 2.19. The summed E-state index contributed by atoms with van der Waals surface area (Å²) in [5, 5.41) is 11.0. The van der Waals surface area contributed by atoms with Crippen LogP contribution < -0.4 is 5.32 Å². The van der Waals surface area contributed by atoms with Crippen molar-refractivity contribution in [3.63, 3.8) is 0 Å². The minimum atomic E-state index is -0.147. The van der Waals surface area contributed by atoms with Crippen LogP contribution >= 0.6 is 11.3 Å². The van der Waals surface area contributed by atoms with E-state index in [2.05, 4.69) is 34.3 Å². The molecule has 114 valence electrons. The van der Waals surface area contributed by atoms with Crippen LogP contribution in [0, 0.1) is 13.8 Å². The van der Waals surface area contributed by atoms with Crippen molar-refractivity contribution in [1.29, 1.82) is 0 Å². The smallest absolute Gasteiger partial charge is 0.272 e. The maximum Gasteiger partial charge on any atom is 0.272 e. The van der Waals surface area contributed by atoms with Gasteiger partial charge in [-0.1, -0.05) is 20.3 Å². The van der Waals surface area contributed by atoms with Crippen LogP contribution in [0.3, 0.4) is 0 Å². The van der Waals surface area contributed by atoms with Crippen molar-refractivity contribution in [3.05, 3.63) is 33.0 Å². The standard InChI is InChI=1S/C15H22N4OS/c1-5-7-11-8-13(19-18-11)14(20)17-12(6-2)15-16-9(3)10(4)21-15/h8,12H,5-7H2,1-4H3,(H,17,20)(H,18,19). The Hall–Kier alpha value is -1.69. The van der Waals surface area contributed by atoms with E-state index in [-0.39, 0.29) is 11.9 Å². The number of aromatic nitrogens is 3. The number of carbonyl (C=O) groups is 1. The molecule has 0 aliphatic heterocycles. The van der Waals surface area contributed by atoms with Gasteiger partial charge in [0.25, 0.3) is 5.91 Å². The zero-order chi connectivity index (χ0) is 15.4. The summed E-state index contributed by atoms with van der Waals surface area (Å²) in [6, 6.07) is 1.77. The predicted octanol–water partition coefficient (Wildman–Crippen LogP) is 3.32. The normalized spacial score (nSPS) is 12.4. The number of hydrogen-bond donors (Lipinski definition) is 2. The van der Waals surface area contributed by atoms with Gasteiger partial charge in [-0.3, -0.25) is 9.89 Å². The summed E-state index contributed by atoms with van der Waals surface area (Å²) in [6.45, 7) is 8.19. The summed E-state index contributed by atoms with van der Waals surface area (Å²) < 4.78 is 0. The second-order valence-electron chi connectivity index (χ2n) is 5.16. The molecule has 0 radical (unpaired) electrons. The lowest BCUT2D eigenvalue weighted by atomic mass is 10.2. The fraction of sp³-hybridized carbons (Fsp3) is 0.533. The summed E-state index contributed by atoms with van der Waals surface area (Å²) in [4.78, 5) is 18.0. The van der Waals surface area contributed by atoms with E-state index >= 15 is 0 Å². The van der Waals surface area contributed by atoms with Crippen molar-refractivity contribution in [2.75, 3.05) is 0 Å². The molecule has 0 bridgehead atoms. The summed E-state index contributed by atoms with van der Waals surface area (Å²) in [5.74, 6) is -0.147.